The van der Waals surface area contributed by atoms with Crippen LogP contribution in [0.2, 0.25) is 0 Å². The van der Waals surface area contributed by atoms with Gasteiger partial charge in [0.2, 0.25) is 0 Å². The van der Waals surface area contributed by atoms with Crippen LogP contribution >= 0.6 is 0 Å². The van der Waals surface area contributed by atoms with Gasteiger partial charge in [0.05, 0.1) is 7.11 Å². The van der Waals surface area contributed by atoms with Crippen molar-refractivity contribution in [2.45, 2.75) is 26.2 Å². The van der Waals surface area contributed by atoms with Crippen LogP contribution in [0.15, 0.2) is 22.6 Å². The number of furan rings is 1. The zero-order valence-corrected chi connectivity index (χ0v) is 11.7. The van der Waals surface area contributed by atoms with Crippen LogP contribution in [0.1, 0.15) is 24.2 Å². The summed E-state index contributed by atoms with van der Waals surface area (Å²) >= 11 is 0. The standard InChI is InChI=1S/C16H21NO2/c1-11-9-14-13(10-12-5-7-17-8-6-12)3-4-15(18-2)16(14)19-11/h3-4,9,12,17H,5-8,10H2,1-2H3. The first-order chi connectivity index (χ1) is 9.28. The van der Waals surface area contributed by atoms with Gasteiger partial charge in [-0.2, -0.15) is 0 Å². The maximum atomic E-state index is 5.78. The number of nitrogens with one attached hydrogen (secondary N) is 1. The summed E-state index contributed by atoms with van der Waals surface area (Å²) in [5.41, 5.74) is 2.28. The topological polar surface area (TPSA) is 34.4 Å². The monoisotopic (exact) mass is 259 g/mol. The van der Waals surface area contributed by atoms with E-state index in [2.05, 4.69) is 17.4 Å². The van der Waals surface area contributed by atoms with Gasteiger partial charge in [-0.05, 0) is 62.9 Å². The average Bonchev–Trinajstić information content (AvgIpc) is 2.82. The fraction of sp³-hybridized carbons (Fsp3) is 0.500. The van der Waals surface area contributed by atoms with E-state index < -0.39 is 0 Å². The van der Waals surface area contributed by atoms with Gasteiger partial charge in [-0.25, -0.2) is 0 Å². The lowest BCUT2D eigenvalue weighted by atomic mass is 9.90. The zero-order valence-electron chi connectivity index (χ0n) is 11.7. The van der Waals surface area contributed by atoms with Crippen LogP contribution in [0, 0.1) is 12.8 Å². The molecule has 0 amide bonds. The van der Waals surface area contributed by atoms with Crippen LogP contribution in [0.3, 0.4) is 0 Å². The third-order valence-corrected chi connectivity index (χ3v) is 4.05. The van der Waals surface area contributed by atoms with Crippen molar-refractivity contribution < 1.29 is 9.15 Å². The molecular weight excluding hydrogens is 238 g/mol. The van der Waals surface area contributed by atoms with E-state index in [1.165, 1.54) is 23.8 Å². The highest BCUT2D eigenvalue weighted by Gasteiger charge is 2.17. The minimum Gasteiger partial charge on any atom is -0.493 e. The Morgan fingerprint density at radius 1 is 1.32 bits per heavy atom. The second-order valence-electron chi connectivity index (χ2n) is 5.42. The minimum atomic E-state index is 0.785. The maximum Gasteiger partial charge on any atom is 0.176 e. The Bertz CT molecular complexity index is 567. The highest BCUT2D eigenvalue weighted by Crippen LogP contribution is 2.33. The van der Waals surface area contributed by atoms with Crippen LogP contribution in [-0.2, 0) is 6.42 Å². The van der Waals surface area contributed by atoms with E-state index in [-0.39, 0.29) is 0 Å². The van der Waals surface area contributed by atoms with Crippen LogP contribution in [0.4, 0.5) is 0 Å². The van der Waals surface area contributed by atoms with Gasteiger partial charge in [-0.1, -0.05) is 6.07 Å². The quantitative estimate of drug-likeness (QED) is 0.918. The number of hydrogen-bond donors (Lipinski definition) is 1. The molecule has 1 N–H and O–H groups in total. The van der Waals surface area contributed by atoms with Crippen molar-refractivity contribution >= 4 is 11.0 Å². The van der Waals surface area contributed by atoms with E-state index in [9.17, 15) is 0 Å². The molecule has 1 fully saturated rings. The van der Waals surface area contributed by atoms with Crippen molar-refractivity contribution in [3.8, 4) is 5.75 Å². The molecule has 3 rings (SSSR count). The predicted octanol–water partition coefficient (Wildman–Crippen LogP) is 3.29. The molecule has 2 heterocycles. The van der Waals surface area contributed by atoms with Gasteiger partial charge in [0.25, 0.3) is 0 Å². The molecule has 1 saturated heterocycles. The average molecular weight is 259 g/mol. The molecule has 0 radical (unpaired) electrons. The van der Waals surface area contributed by atoms with Crippen molar-refractivity contribution in [1.29, 1.82) is 0 Å². The molecule has 1 aromatic carbocycles. The van der Waals surface area contributed by atoms with Gasteiger partial charge in [0.1, 0.15) is 5.76 Å². The Morgan fingerprint density at radius 3 is 2.84 bits per heavy atom. The first-order valence-electron chi connectivity index (χ1n) is 7.04. The fourth-order valence-corrected chi connectivity index (χ4v) is 3.01. The lowest BCUT2D eigenvalue weighted by molar-refractivity contribution is 0.373. The molecule has 1 aromatic heterocycles. The van der Waals surface area contributed by atoms with Crippen LogP contribution in [0.5, 0.6) is 5.75 Å². The van der Waals surface area contributed by atoms with Crippen LogP contribution < -0.4 is 10.1 Å². The summed E-state index contributed by atoms with van der Waals surface area (Å²) in [5.74, 6) is 2.57. The summed E-state index contributed by atoms with van der Waals surface area (Å²) < 4.78 is 11.2. The molecule has 102 valence electrons. The van der Waals surface area contributed by atoms with Crippen molar-refractivity contribution in [2.24, 2.45) is 5.92 Å². The molecule has 1 aliphatic rings. The SMILES string of the molecule is COc1ccc(CC2CCNCC2)c2cc(C)oc12. The number of hydrogen-bond acceptors (Lipinski definition) is 3. The molecule has 0 atom stereocenters. The molecule has 0 bridgehead atoms. The van der Waals surface area contributed by atoms with E-state index >= 15 is 0 Å². The molecule has 0 spiro atoms. The molecular formula is C16H21NO2. The van der Waals surface area contributed by atoms with Crippen molar-refractivity contribution in [1.82, 2.24) is 5.32 Å². The van der Waals surface area contributed by atoms with Gasteiger partial charge >= 0.3 is 0 Å². The number of fused-ring (bicyclic) bond motifs is 1. The second kappa shape index (κ2) is 5.25. The summed E-state index contributed by atoms with van der Waals surface area (Å²) in [6, 6.07) is 6.36. The number of methoxy groups -OCH3 is 1. The van der Waals surface area contributed by atoms with Gasteiger partial charge in [-0.15, -0.1) is 0 Å². The van der Waals surface area contributed by atoms with Crippen molar-refractivity contribution in [3.05, 3.63) is 29.5 Å². The van der Waals surface area contributed by atoms with E-state index in [0.717, 1.165) is 42.5 Å². The molecule has 1 aliphatic heterocycles. The minimum absolute atomic E-state index is 0.785. The molecule has 0 saturated carbocycles. The Balaban J connectivity index is 1.94. The summed E-state index contributed by atoms with van der Waals surface area (Å²) in [7, 11) is 1.69. The first-order valence-corrected chi connectivity index (χ1v) is 7.04. The highest BCUT2D eigenvalue weighted by molar-refractivity contribution is 5.87. The summed E-state index contributed by atoms with van der Waals surface area (Å²) in [6.45, 7) is 4.29. The number of rotatable bonds is 3. The normalized spacial score (nSPS) is 16.9. The number of ether oxygens (including phenoxy) is 1. The Hall–Kier alpha value is -1.48. The van der Waals surface area contributed by atoms with E-state index in [1.807, 2.05) is 13.0 Å². The van der Waals surface area contributed by atoms with E-state index in [4.69, 9.17) is 9.15 Å². The van der Waals surface area contributed by atoms with Gasteiger partial charge < -0.3 is 14.5 Å². The molecule has 2 aromatic rings. The van der Waals surface area contributed by atoms with Crippen LogP contribution in [-0.4, -0.2) is 20.2 Å². The summed E-state index contributed by atoms with van der Waals surface area (Å²) in [6.07, 6.45) is 3.68. The van der Waals surface area contributed by atoms with Gasteiger partial charge in [0, 0.05) is 5.39 Å². The number of piperidine rings is 1. The lowest BCUT2D eigenvalue weighted by Crippen LogP contribution is -2.28. The largest absolute Gasteiger partial charge is 0.493 e. The Kier molecular flexibility index (Phi) is 3.47. The van der Waals surface area contributed by atoms with Crippen molar-refractivity contribution in [3.63, 3.8) is 0 Å². The second-order valence-corrected chi connectivity index (χ2v) is 5.42. The molecule has 19 heavy (non-hydrogen) atoms. The Labute approximate surface area is 113 Å². The summed E-state index contributed by atoms with van der Waals surface area (Å²) in [5, 5.41) is 4.64. The van der Waals surface area contributed by atoms with Crippen molar-refractivity contribution in [2.75, 3.05) is 20.2 Å². The zero-order chi connectivity index (χ0) is 13.2. The van der Waals surface area contributed by atoms with Crippen LogP contribution in [0.25, 0.3) is 11.0 Å². The highest BCUT2D eigenvalue weighted by atomic mass is 16.5. The molecule has 0 aliphatic carbocycles. The summed E-state index contributed by atoms with van der Waals surface area (Å²) in [4.78, 5) is 0. The number of aryl methyl sites for hydroxylation is 1. The first kappa shape index (κ1) is 12.5. The molecule has 0 unspecified atom stereocenters. The smallest absolute Gasteiger partial charge is 0.176 e. The maximum absolute atomic E-state index is 5.78. The predicted molar refractivity (Wildman–Crippen MR) is 76.8 cm³/mol. The van der Waals surface area contributed by atoms with Gasteiger partial charge in [0.15, 0.2) is 11.3 Å². The third-order valence-electron chi connectivity index (χ3n) is 4.05. The Morgan fingerprint density at radius 2 is 2.11 bits per heavy atom. The molecule has 3 nitrogen and oxygen atoms in total. The number of benzene rings is 1. The van der Waals surface area contributed by atoms with E-state index in [1.54, 1.807) is 7.11 Å². The third kappa shape index (κ3) is 2.47. The van der Waals surface area contributed by atoms with Gasteiger partial charge in [-0.3, -0.25) is 0 Å². The molecule has 3 heteroatoms. The lowest BCUT2D eigenvalue weighted by Gasteiger charge is -2.22. The van der Waals surface area contributed by atoms with E-state index in [0.29, 0.717) is 0 Å². The fourth-order valence-electron chi connectivity index (χ4n) is 3.01.